The fourth-order valence-corrected chi connectivity index (χ4v) is 2.80. The van der Waals surface area contributed by atoms with Gasteiger partial charge in [0.2, 0.25) is 0 Å². The minimum absolute atomic E-state index is 0.105. The normalized spacial score (nSPS) is 12.7. The molecule has 2 nitrogen and oxygen atoms in total. The number of aryl methyl sites for hydroxylation is 3. The number of nitrogens with one attached hydrogen (secondary N) is 1. The Morgan fingerprint density at radius 3 is 2.42 bits per heavy atom. The number of hydrogen-bond donors (Lipinski definition) is 1. The fourth-order valence-electron chi connectivity index (χ4n) is 2.09. The number of hydrogen-bond acceptors (Lipinski definition) is 3. The second-order valence-corrected chi connectivity index (χ2v) is 6.00. The summed E-state index contributed by atoms with van der Waals surface area (Å²) in [5.74, 6) is -0.105. The van der Waals surface area contributed by atoms with Gasteiger partial charge in [0.25, 0.3) is 0 Å². The molecule has 0 amide bonds. The lowest BCUT2D eigenvalue weighted by Crippen LogP contribution is -2.18. The Morgan fingerprint density at radius 2 is 1.89 bits per heavy atom. The van der Waals surface area contributed by atoms with E-state index in [1.165, 1.54) is 0 Å². The summed E-state index contributed by atoms with van der Waals surface area (Å²) < 4.78 is 13.5. The topological polar surface area (TPSA) is 24.9 Å². The number of benzene rings is 1. The molecule has 1 N–H and O–H groups in total. The maximum absolute atomic E-state index is 13.5. The van der Waals surface area contributed by atoms with Crippen molar-refractivity contribution in [2.75, 3.05) is 0 Å². The van der Waals surface area contributed by atoms with Crippen molar-refractivity contribution in [3.8, 4) is 0 Å². The van der Waals surface area contributed by atoms with Crippen molar-refractivity contribution in [1.82, 2.24) is 10.3 Å². The molecule has 0 bridgehead atoms. The molecule has 19 heavy (non-hydrogen) atoms. The molecule has 0 saturated heterocycles. The quantitative estimate of drug-likeness (QED) is 0.912. The molecule has 102 valence electrons. The number of halogens is 1. The highest BCUT2D eigenvalue weighted by Crippen LogP contribution is 2.18. The molecular weight excluding hydrogens is 259 g/mol. The summed E-state index contributed by atoms with van der Waals surface area (Å²) in [5.41, 5.74) is 3.58. The first kappa shape index (κ1) is 14.2. The largest absolute Gasteiger partial charge is 0.305 e. The van der Waals surface area contributed by atoms with E-state index in [9.17, 15) is 4.39 Å². The van der Waals surface area contributed by atoms with Crippen LogP contribution >= 0.6 is 11.3 Å². The lowest BCUT2D eigenvalue weighted by atomic mass is 10.1. The predicted octanol–water partition coefficient (Wildman–Crippen LogP) is 4.06. The fraction of sp³-hybridized carbons (Fsp3) is 0.400. The minimum Gasteiger partial charge on any atom is -0.305 e. The van der Waals surface area contributed by atoms with Gasteiger partial charge in [-0.15, -0.1) is 11.3 Å². The minimum atomic E-state index is -0.105. The van der Waals surface area contributed by atoms with Crippen LogP contribution < -0.4 is 5.32 Å². The van der Waals surface area contributed by atoms with Gasteiger partial charge in [-0.3, -0.25) is 0 Å². The monoisotopic (exact) mass is 278 g/mol. The molecule has 0 spiro atoms. The first-order valence-electron chi connectivity index (χ1n) is 6.38. The summed E-state index contributed by atoms with van der Waals surface area (Å²) in [7, 11) is 0. The molecule has 2 rings (SSSR count). The van der Waals surface area contributed by atoms with Crippen molar-refractivity contribution in [1.29, 1.82) is 0 Å². The van der Waals surface area contributed by atoms with Gasteiger partial charge in [-0.1, -0.05) is 12.1 Å². The van der Waals surface area contributed by atoms with Gasteiger partial charge < -0.3 is 5.32 Å². The molecule has 0 aliphatic carbocycles. The second-order valence-electron chi connectivity index (χ2n) is 4.94. The van der Waals surface area contributed by atoms with Crippen molar-refractivity contribution in [2.24, 2.45) is 0 Å². The Kier molecular flexibility index (Phi) is 4.32. The van der Waals surface area contributed by atoms with Crippen LogP contribution in [0, 0.1) is 26.6 Å². The third-order valence-electron chi connectivity index (χ3n) is 3.19. The average molecular weight is 278 g/mol. The first-order chi connectivity index (χ1) is 8.97. The van der Waals surface area contributed by atoms with Crippen LogP contribution in [0.5, 0.6) is 0 Å². The standard InChI is InChI=1S/C15H19FN2S/c1-9-5-13(6-10(2)15(9)16)7-17-11(3)14-8-19-12(4)18-14/h5-6,8,11,17H,7H2,1-4H3. The summed E-state index contributed by atoms with van der Waals surface area (Å²) in [6.45, 7) is 8.43. The van der Waals surface area contributed by atoms with Gasteiger partial charge >= 0.3 is 0 Å². The third-order valence-corrected chi connectivity index (χ3v) is 3.98. The molecule has 1 unspecified atom stereocenters. The summed E-state index contributed by atoms with van der Waals surface area (Å²) >= 11 is 1.66. The average Bonchev–Trinajstić information content (AvgIpc) is 2.79. The molecule has 1 aromatic heterocycles. The maximum atomic E-state index is 13.5. The van der Waals surface area contributed by atoms with Gasteiger partial charge in [-0.05, 0) is 44.4 Å². The Bertz CT molecular complexity index is 554. The molecule has 4 heteroatoms. The van der Waals surface area contributed by atoms with Crippen molar-refractivity contribution in [2.45, 2.75) is 40.3 Å². The van der Waals surface area contributed by atoms with Gasteiger partial charge in [-0.25, -0.2) is 9.37 Å². The summed E-state index contributed by atoms with van der Waals surface area (Å²) in [6, 6.07) is 4.00. The molecule has 1 aromatic carbocycles. The van der Waals surface area contributed by atoms with Crippen LogP contribution in [0.1, 0.15) is 40.4 Å². The van der Waals surface area contributed by atoms with Gasteiger partial charge in [0.1, 0.15) is 5.82 Å². The van der Waals surface area contributed by atoms with Gasteiger partial charge in [-0.2, -0.15) is 0 Å². The zero-order valence-electron chi connectivity index (χ0n) is 11.7. The van der Waals surface area contributed by atoms with Crippen molar-refractivity contribution in [3.63, 3.8) is 0 Å². The third kappa shape index (κ3) is 3.39. The van der Waals surface area contributed by atoms with Crippen molar-refractivity contribution >= 4 is 11.3 Å². The Hall–Kier alpha value is -1.26. The van der Waals surface area contributed by atoms with Crippen LogP contribution in [0.2, 0.25) is 0 Å². The highest BCUT2D eigenvalue weighted by Gasteiger charge is 2.09. The molecule has 0 saturated carbocycles. The Morgan fingerprint density at radius 1 is 1.26 bits per heavy atom. The molecule has 0 fully saturated rings. The number of thiazole rings is 1. The molecule has 1 atom stereocenters. The van der Waals surface area contributed by atoms with E-state index in [-0.39, 0.29) is 11.9 Å². The highest BCUT2D eigenvalue weighted by atomic mass is 32.1. The Balaban J connectivity index is 2.03. The molecular formula is C15H19FN2S. The summed E-state index contributed by atoms with van der Waals surface area (Å²) in [5, 5.41) is 6.58. The van der Waals surface area contributed by atoms with E-state index in [2.05, 4.69) is 22.6 Å². The van der Waals surface area contributed by atoms with Gasteiger partial charge in [0.05, 0.1) is 10.7 Å². The van der Waals surface area contributed by atoms with E-state index in [1.807, 2.05) is 19.1 Å². The van der Waals surface area contributed by atoms with E-state index in [0.717, 1.165) is 22.8 Å². The zero-order valence-corrected chi connectivity index (χ0v) is 12.6. The lowest BCUT2D eigenvalue weighted by Gasteiger charge is -2.13. The molecule has 1 heterocycles. The van der Waals surface area contributed by atoms with Crippen LogP contribution in [0.4, 0.5) is 4.39 Å². The lowest BCUT2D eigenvalue weighted by molar-refractivity contribution is 0.560. The van der Waals surface area contributed by atoms with Crippen LogP contribution in [-0.4, -0.2) is 4.98 Å². The van der Waals surface area contributed by atoms with Crippen LogP contribution in [-0.2, 0) is 6.54 Å². The maximum Gasteiger partial charge on any atom is 0.129 e. The van der Waals surface area contributed by atoms with Crippen molar-refractivity contribution < 1.29 is 4.39 Å². The summed E-state index contributed by atoms with van der Waals surface area (Å²) in [4.78, 5) is 4.47. The van der Waals surface area contributed by atoms with Crippen LogP contribution in [0.15, 0.2) is 17.5 Å². The van der Waals surface area contributed by atoms with Gasteiger partial charge in [0, 0.05) is 18.0 Å². The van der Waals surface area contributed by atoms with Crippen LogP contribution in [0.25, 0.3) is 0 Å². The molecule has 2 aromatic rings. The number of aromatic nitrogens is 1. The molecule has 0 radical (unpaired) electrons. The van der Waals surface area contributed by atoms with Crippen molar-refractivity contribution in [3.05, 3.63) is 50.7 Å². The van der Waals surface area contributed by atoms with E-state index in [1.54, 1.807) is 25.2 Å². The van der Waals surface area contributed by atoms with E-state index in [4.69, 9.17) is 0 Å². The Labute approximate surface area is 117 Å². The van der Waals surface area contributed by atoms with Crippen LogP contribution in [0.3, 0.4) is 0 Å². The summed E-state index contributed by atoms with van der Waals surface area (Å²) in [6.07, 6.45) is 0. The molecule has 0 aliphatic rings. The number of nitrogens with zero attached hydrogens (tertiary/aromatic N) is 1. The predicted molar refractivity (Wildman–Crippen MR) is 78.0 cm³/mol. The van der Waals surface area contributed by atoms with E-state index in [0.29, 0.717) is 11.1 Å². The van der Waals surface area contributed by atoms with Gasteiger partial charge in [0.15, 0.2) is 0 Å². The highest BCUT2D eigenvalue weighted by molar-refractivity contribution is 7.09. The first-order valence-corrected chi connectivity index (χ1v) is 7.26. The second kappa shape index (κ2) is 5.80. The SMILES string of the molecule is Cc1nc(C(C)NCc2cc(C)c(F)c(C)c2)cs1. The van der Waals surface area contributed by atoms with E-state index >= 15 is 0 Å². The smallest absolute Gasteiger partial charge is 0.129 e. The number of rotatable bonds is 4. The zero-order chi connectivity index (χ0) is 14.0. The molecule has 0 aliphatic heterocycles. The van der Waals surface area contributed by atoms with E-state index < -0.39 is 0 Å².